The zero-order chi connectivity index (χ0) is 9.14. The second-order valence-corrected chi connectivity index (χ2v) is 2.81. The zero-order valence-corrected chi connectivity index (χ0v) is 6.43. The largest absolute Gasteiger partial charge is 0.481 e. The van der Waals surface area contributed by atoms with Gasteiger partial charge >= 0.3 is 11.9 Å². The zero-order valence-electron chi connectivity index (χ0n) is 6.43. The van der Waals surface area contributed by atoms with Crippen LogP contribution in [0.1, 0.15) is 12.8 Å². The van der Waals surface area contributed by atoms with Crippen LogP contribution in [0.15, 0.2) is 12.2 Å². The van der Waals surface area contributed by atoms with Gasteiger partial charge in [-0.2, -0.15) is 0 Å². The fourth-order valence-corrected chi connectivity index (χ4v) is 1.36. The Labute approximate surface area is 69.5 Å². The summed E-state index contributed by atoms with van der Waals surface area (Å²) in [4.78, 5) is 21.1. The van der Waals surface area contributed by atoms with E-state index in [-0.39, 0.29) is 0 Å². The van der Waals surface area contributed by atoms with Gasteiger partial charge in [-0.05, 0) is 12.8 Å². The second-order valence-electron chi connectivity index (χ2n) is 2.81. The lowest BCUT2D eigenvalue weighted by Crippen LogP contribution is -2.30. The van der Waals surface area contributed by atoms with Crippen molar-refractivity contribution in [3.8, 4) is 0 Å². The van der Waals surface area contributed by atoms with E-state index in [1.165, 1.54) is 6.08 Å². The lowest BCUT2D eigenvalue weighted by molar-refractivity contribution is -0.152. The molecule has 4 nitrogen and oxygen atoms in total. The highest BCUT2D eigenvalue weighted by Crippen LogP contribution is 2.24. The number of hydrogen-bond donors (Lipinski definition) is 2. The third-order valence-corrected chi connectivity index (χ3v) is 2.02. The molecule has 0 saturated carbocycles. The number of rotatable bonds is 2. The van der Waals surface area contributed by atoms with Crippen molar-refractivity contribution in [3.05, 3.63) is 12.2 Å². The Morgan fingerprint density at radius 3 is 2.33 bits per heavy atom. The standard InChI is InChI=1S/C8H10O4/c9-7(10)5-3-1-2-4-6(5)8(11)12/h1,3,5-6H,2,4H2,(H,9,10)(H,11,12)/t5-,6+/m1/s1. The summed E-state index contributed by atoms with van der Waals surface area (Å²) >= 11 is 0. The number of carbonyl (C=O) groups is 2. The van der Waals surface area contributed by atoms with Gasteiger partial charge in [-0.25, -0.2) is 0 Å². The second kappa shape index (κ2) is 3.38. The van der Waals surface area contributed by atoms with E-state index in [1.807, 2.05) is 0 Å². The molecule has 0 radical (unpaired) electrons. The van der Waals surface area contributed by atoms with Crippen molar-refractivity contribution in [1.82, 2.24) is 0 Å². The van der Waals surface area contributed by atoms with Crippen LogP contribution < -0.4 is 0 Å². The van der Waals surface area contributed by atoms with Gasteiger partial charge in [0.15, 0.2) is 0 Å². The molecule has 0 fully saturated rings. The van der Waals surface area contributed by atoms with Gasteiger partial charge in [0.2, 0.25) is 0 Å². The third kappa shape index (κ3) is 1.64. The molecule has 0 bridgehead atoms. The Bertz CT molecular complexity index is 231. The van der Waals surface area contributed by atoms with Gasteiger partial charge in [-0.3, -0.25) is 9.59 Å². The minimum absolute atomic E-state index is 0.419. The van der Waals surface area contributed by atoms with Gasteiger partial charge in [0.05, 0.1) is 11.8 Å². The molecule has 0 aromatic rings. The predicted molar refractivity (Wildman–Crippen MR) is 40.6 cm³/mol. The molecule has 0 spiro atoms. The van der Waals surface area contributed by atoms with Crippen LogP contribution in [0.5, 0.6) is 0 Å². The molecule has 2 atom stereocenters. The molecule has 0 unspecified atom stereocenters. The van der Waals surface area contributed by atoms with Crippen LogP contribution in [0.25, 0.3) is 0 Å². The number of aliphatic carboxylic acids is 2. The first-order valence-corrected chi connectivity index (χ1v) is 3.75. The maximum atomic E-state index is 10.6. The van der Waals surface area contributed by atoms with E-state index < -0.39 is 23.8 Å². The monoisotopic (exact) mass is 170 g/mol. The average molecular weight is 170 g/mol. The van der Waals surface area contributed by atoms with Gasteiger partial charge in [0.25, 0.3) is 0 Å². The van der Waals surface area contributed by atoms with Crippen molar-refractivity contribution >= 4 is 11.9 Å². The third-order valence-electron chi connectivity index (χ3n) is 2.02. The van der Waals surface area contributed by atoms with Crippen molar-refractivity contribution in [2.24, 2.45) is 11.8 Å². The van der Waals surface area contributed by atoms with Crippen molar-refractivity contribution in [2.75, 3.05) is 0 Å². The SMILES string of the molecule is O=C(O)[C@H]1CCC=C[C@H]1C(=O)O. The maximum absolute atomic E-state index is 10.6. The quantitative estimate of drug-likeness (QED) is 0.599. The molecule has 0 heterocycles. The van der Waals surface area contributed by atoms with E-state index in [9.17, 15) is 9.59 Å². The highest BCUT2D eigenvalue weighted by atomic mass is 16.4. The summed E-state index contributed by atoms with van der Waals surface area (Å²) < 4.78 is 0. The Morgan fingerprint density at radius 1 is 1.25 bits per heavy atom. The summed E-state index contributed by atoms with van der Waals surface area (Å²) in [7, 11) is 0. The van der Waals surface area contributed by atoms with Gasteiger partial charge in [0.1, 0.15) is 0 Å². The summed E-state index contributed by atoms with van der Waals surface area (Å²) in [6, 6.07) is 0. The molecular weight excluding hydrogens is 160 g/mol. The lowest BCUT2D eigenvalue weighted by Gasteiger charge is -2.19. The summed E-state index contributed by atoms with van der Waals surface area (Å²) in [5, 5.41) is 17.3. The molecule has 0 aliphatic heterocycles. The van der Waals surface area contributed by atoms with Crippen LogP contribution in [0.2, 0.25) is 0 Å². The maximum Gasteiger partial charge on any atom is 0.311 e. The lowest BCUT2D eigenvalue weighted by atomic mass is 9.84. The summed E-state index contributed by atoms with van der Waals surface area (Å²) in [6.45, 7) is 0. The first-order chi connectivity index (χ1) is 5.63. The number of carboxylic acid groups (broad SMARTS) is 2. The van der Waals surface area contributed by atoms with Crippen molar-refractivity contribution in [2.45, 2.75) is 12.8 Å². The molecule has 1 aliphatic rings. The number of hydrogen-bond acceptors (Lipinski definition) is 2. The molecule has 0 saturated heterocycles. The number of carboxylic acids is 2. The molecule has 12 heavy (non-hydrogen) atoms. The molecule has 0 aromatic carbocycles. The molecule has 2 N–H and O–H groups in total. The fraction of sp³-hybridized carbons (Fsp3) is 0.500. The van der Waals surface area contributed by atoms with Crippen molar-refractivity contribution in [1.29, 1.82) is 0 Å². The molecule has 4 heteroatoms. The highest BCUT2D eigenvalue weighted by Gasteiger charge is 2.32. The number of allylic oxidation sites excluding steroid dienone is 1. The summed E-state index contributed by atoms with van der Waals surface area (Å²) in [5.41, 5.74) is 0. The first kappa shape index (κ1) is 8.77. The van der Waals surface area contributed by atoms with Crippen LogP contribution in [0.4, 0.5) is 0 Å². The Morgan fingerprint density at radius 2 is 1.92 bits per heavy atom. The van der Waals surface area contributed by atoms with E-state index in [1.54, 1.807) is 6.08 Å². The van der Waals surface area contributed by atoms with E-state index in [0.29, 0.717) is 12.8 Å². The van der Waals surface area contributed by atoms with Crippen LogP contribution in [-0.4, -0.2) is 22.2 Å². The van der Waals surface area contributed by atoms with Gasteiger partial charge < -0.3 is 10.2 Å². The molecule has 1 aliphatic carbocycles. The molecule has 0 amide bonds. The molecule has 1 rings (SSSR count). The summed E-state index contributed by atoms with van der Waals surface area (Å²) in [6.07, 6.45) is 4.26. The van der Waals surface area contributed by atoms with Crippen molar-refractivity contribution < 1.29 is 19.8 Å². The Kier molecular flexibility index (Phi) is 2.47. The van der Waals surface area contributed by atoms with E-state index in [0.717, 1.165) is 0 Å². The molecular formula is C8H10O4. The minimum Gasteiger partial charge on any atom is -0.481 e. The normalized spacial score (nSPS) is 28.3. The molecule has 0 aromatic heterocycles. The highest BCUT2D eigenvalue weighted by molar-refractivity contribution is 5.81. The van der Waals surface area contributed by atoms with Crippen LogP contribution in [-0.2, 0) is 9.59 Å². The van der Waals surface area contributed by atoms with Gasteiger partial charge in [-0.15, -0.1) is 0 Å². The van der Waals surface area contributed by atoms with Crippen LogP contribution in [0.3, 0.4) is 0 Å². The van der Waals surface area contributed by atoms with Gasteiger partial charge in [-0.1, -0.05) is 12.2 Å². The average Bonchev–Trinajstić information content (AvgIpc) is 2.04. The summed E-state index contributed by atoms with van der Waals surface area (Å²) in [5.74, 6) is -3.69. The van der Waals surface area contributed by atoms with Crippen LogP contribution >= 0.6 is 0 Å². The minimum atomic E-state index is -1.06. The smallest absolute Gasteiger partial charge is 0.311 e. The predicted octanol–water partition coefficient (Wildman–Crippen LogP) is 0.738. The van der Waals surface area contributed by atoms with Crippen molar-refractivity contribution in [3.63, 3.8) is 0 Å². The van der Waals surface area contributed by atoms with E-state index in [4.69, 9.17) is 10.2 Å². The first-order valence-electron chi connectivity index (χ1n) is 3.75. The van der Waals surface area contributed by atoms with E-state index in [2.05, 4.69) is 0 Å². The fourth-order valence-electron chi connectivity index (χ4n) is 1.36. The van der Waals surface area contributed by atoms with Crippen LogP contribution in [0, 0.1) is 11.8 Å². The van der Waals surface area contributed by atoms with Gasteiger partial charge in [0, 0.05) is 0 Å². The Balaban J connectivity index is 2.79. The van der Waals surface area contributed by atoms with E-state index >= 15 is 0 Å². The topological polar surface area (TPSA) is 74.6 Å². The Hall–Kier alpha value is -1.32. The molecule has 66 valence electrons.